The Kier molecular flexibility index (Phi) is 9.30. The smallest absolute Gasteiger partial charge is 0.405 e. The Morgan fingerprint density at radius 3 is 1.97 bits per heavy atom. The van der Waals surface area contributed by atoms with Crippen LogP contribution in [0.5, 0.6) is 0 Å². The first kappa shape index (κ1) is 25.1. The number of anilines is 1. The van der Waals surface area contributed by atoms with Crippen LogP contribution in [0.1, 0.15) is 84.1 Å². The normalized spacial score (nSPS) is 14.4. The first-order valence-electron chi connectivity index (χ1n) is 10.5. The summed E-state index contributed by atoms with van der Waals surface area (Å²) in [7, 11) is 0. The van der Waals surface area contributed by atoms with Crippen molar-refractivity contribution >= 4 is 11.8 Å². The summed E-state index contributed by atoms with van der Waals surface area (Å²) in [6, 6.07) is 5.50. The predicted octanol–water partition coefficient (Wildman–Crippen LogP) is 6.65. The molecular formula is C22H35F3N2O2. The van der Waals surface area contributed by atoms with Crippen LogP contribution in [0.25, 0.3) is 0 Å². The molecule has 1 unspecified atom stereocenters. The maximum Gasteiger partial charge on any atom is 0.405 e. The molecule has 0 heterocycles. The Morgan fingerprint density at radius 2 is 1.52 bits per heavy atom. The van der Waals surface area contributed by atoms with Crippen molar-refractivity contribution in [3.05, 3.63) is 29.8 Å². The molecule has 0 aliphatic rings. The molecule has 1 atom stereocenters. The fourth-order valence-corrected chi connectivity index (χ4v) is 3.87. The number of halogens is 3. The highest BCUT2D eigenvalue weighted by atomic mass is 19.3. The quantitative estimate of drug-likeness (QED) is 0.315. The Hall–Kier alpha value is -1.92. The second-order valence-corrected chi connectivity index (χ2v) is 7.82. The Labute approximate surface area is 172 Å². The van der Waals surface area contributed by atoms with Crippen molar-refractivity contribution in [2.75, 3.05) is 5.73 Å². The minimum absolute atomic E-state index is 0.136. The van der Waals surface area contributed by atoms with Gasteiger partial charge in [-0.05, 0) is 43.4 Å². The van der Waals surface area contributed by atoms with Gasteiger partial charge in [0.15, 0.2) is 0 Å². The molecule has 29 heavy (non-hydrogen) atoms. The minimum Gasteiger partial charge on any atom is -0.465 e. The van der Waals surface area contributed by atoms with Gasteiger partial charge in [-0.15, -0.1) is 0 Å². The molecule has 4 N–H and O–H groups in total. The van der Waals surface area contributed by atoms with Crippen molar-refractivity contribution in [3.8, 4) is 0 Å². The first-order valence-corrected chi connectivity index (χ1v) is 10.5. The number of amides is 1. The van der Waals surface area contributed by atoms with E-state index >= 15 is 13.2 Å². The second kappa shape index (κ2) is 10.7. The van der Waals surface area contributed by atoms with Gasteiger partial charge in [0, 0.05) is 5.69 Å². The molecule has 1 amide bonds. The van der Waals surface area contributed by atoms with Crippen molar-refractivity contribution in [1.82, 2.24) is 5.32 Å². The summed E-state index contributed by atoms with van der Waals surface area (Å²) in [6.45, 7) is 5.47. The molecule has 0 bridgehead atoms. The summed E-state index contributed by atoms with van der Waals surface area (Å²) in [6.07, 6.45) is 0.435. The van der Waals surface area contributed by atoms with Crippen LogP contribution in [-0.4, -0.2) is 22.7 Å². The molecule has 4 nitrogen and oxygen atoms in total. The van der Waals surface area contributed by atoms with Crippen molar-refractivity contribution in [3.63, 3.8) is 0 Å². The van der Waals surface area contributed by atoms with Crippen molar-refractivity contribution in [2.45, 2.75) is 95.7 Å². The fourth-order valence-electron chi connectivity index (χ4n) is 3.87. The van der Waals surface area contributed by atoms with E-state index < -0.39 is 29.6 Å². The molecular weight excluding hydrogens is 381 g/mol. The van der Waals surface area contributed by atoms with Gasteiger partial charge in [0.2, 0.25) is 5.67 Å². The summed E-state index contributed by atoms with van der Waals surface area (Å²) >= 11 is 0. The summed E-state index contributed by atoms with van der Waals surface area (Å²) in [5.41, 5.74) is 0.503. The number of unbranched alkanes of at least 4 members (excludes halogenated alkanes) is 3. The van der Waals surface area contributed by atoms with E-state index in [1.165, 1.54) is 24.3 Å². The third kappa shape index (κ3) is 5.58. The third-order valence-corrected chi connectivity index (χ3v) is 5.58. The lowest BCUT2D eigenvalue weighted by Gasteiger charge is -2.47. The maximum atomic E-state index is 16.4. The summed E-state index contributed by atoms with van der Waals surface area (Å²) in [5.74, 6) is -3.97. The Morgan fingerprint density at radius 1 is 1.00 bits per heavy atom. The number of hydrogen-bond donors (Lipinski definition) is 3. The lowest BCUT2D eigenvalue weighted by molar-refractivity contribution is -0.205. The topological polar surface area (TPSA) is 75.3 Å². The van der Waals surface area contributed by atoms with Crippen LogP contribution in [0.2, 0.25) is 0 Å². The molecule has 0 radical (unpaired) electrons. The van der Waals surface area contributed by atoms with Gasteiger partial charge in [0.1, 0.15) is 5.54 Å². The van der Waals surface area contributed by atoms with Crippen molar-refractivity contribution < 1.29 is 23.1 Å². The number of nitrogens with one attached hydrogen (secondary N) is 1. The van der Waals surface area contributed by atoms with E-state index in [0.29, 0.717) is 32.1 Å². The number of benzene rings is 1. The maximum absolute atomic E-state index is 16.4. The zero-order valence-electron chi connectivity index (χ0n) is 17.7. The van der Waals surface area contributed by atoms with Crippen LogP contribution in [0.4, 0.5) is 23.7 Å². The number of rotatable bonds is 13. The van der Waals surface area contributed by atoms with Gasteiger partial charge >= 0.3 is 12.0 Å². The molecule has 0 fully saturated rings. The molecule has 1 aromatic carbocycles. The largest absolute Gasteiger partial charge is 0.465 e. The van der Waals surface area contributed by atoms with Gasteiger partial charge in [0.05, 0.1) is 0 Å². The Bertz CT molecular complexity index is 647. The van der Waals surface area contributed by atoms with Gasteiger partial charge in [-0.1, -0.05) is 65.0 Å². The first-order chi connectivity index (χ1) is 13.6. The number of carbonyl (C=O) groups is 1. The molecule has 1 aromatic rings. The van der Waals surface area contributed by atoms with E-state index in [9.17, 15) is 9.90 Å². The molecule has 0 aromatic heterocycles. The van der Waals surface area contributed by atoms with Crippen LogP contribution >= 0.6 is 0 Å². The molecule has 166 valence electrons. The van der Waals surface area contributed by atoms with Crippen molar-refractivity contribution in [2.24, 2.45) is 0 Å². The summed E-state index contributed by atoms with van der Waals surface area (Å²) in [4.78, 5) is 11.5. The van der Waals surface area contributed by atoms with E-state index in [1.54, 1.807) is 6.92 Å². The third-order valence-electron chi connectivity index (χ3n) is 5.58. The standard InChI is InChI=1S/C22H35F3N2O2/c1-4-7-13-20(14-8-5-2,27-19(28)29)22(24,25)21(23,15-9-6-3)17-11-10-12-18(26)16-17/h10-12,16,27H,4-9,13-15,26H2,1-3H3,(H,28,29). The van der Waals surface area contributed by atoms with Gasteiger partial charge in [-0.3, -0.25) is 0 Å². The second-order valence-electron chi connectivity index (χ2n) is 7.82. The average Bonchev–Trinajstić information content (AvgIpc) is 2.67. The SMILES string of the molecule is CCCCC(CCCC)(NC(=O)O)C(F)(F)C(F)(CCCC)c1cccc(N)c1. The predicted molar refractivity (Wildman–Crippen MR) is 111 cm³/mol. The Balaban J connectivity index is 3.64. The monoisotopic (exact) mass is 416 g/mol. The van der Waals surface area contributed by atoms with Gasteiger partial charge in [-0.25, -0.2) is 18.0 Å². The van der Waals surface area contributed by atoms with Crippen LogP contribution in [0.3, 0.4) is 0 Å². The van der Waals surface area contributed by atoms with E-state index in [0.717, 1.165) is 0 Å². The molecule has 0 saturated carbocycles. The highest BCUT2D eigenvalue weighted by Crippen LogP contribution is 2.53. The molecule has 0 saturated heterocycles. The van der Waals surface area contributed by atoms with E-state index in [4.69, 9.17) is 5.73 Å². The van der Waals surface area contributed by atoms with Gasteiger partial charge < -0.3 is 16.2 Å². The molecule has 0 aliphatic carbocycles. The number of carboxylic acid groups (broad SMARTS) is 1. The number of alkyl halides is 3. The van der Waals surface area contributed by atoms with Crippen LogP contribution in [-0.2, 0) is 5.67 Å². The van der Waals surface area contributed by atoms with Crippen LogP contribution < -0.4 is 11.1 Å². The summed E-state index contributed by atoms with van der Waals surface area (Å²) < 4.78 is 48.8. The molecule has 0 spiro atoms. The van der Waals surface area contributed by atoms with Crippen LogP contribution in [0.15, 0.2) is 24.3 Å². The fraction of sp³-hybridized carbons (Fsp3) is 0.682. The van der Waals surface area contributed by atoms with E-state index in [-0.39, 0.29) is 30.5 Å². The lowest BCUT2D eigenvalue weighted by Crippen LogP contribution is -2.67. The number of nitrogens with two attached hydrogens (primary N) is 1. The molecule has 0 aliphatic heterocycles. The van der Waals surface area contributed by atoms with E-state index in [1.807, 2.05) is 13.8 Å². The van der Waals surface area contributed by atoms with Crippen molar-refractivity contribution in [1.29, 1.82) is 0 Å². The molecule has 1 rings (SSSR count). The van der Waals surface area contributed by atoms with Crippen LogP contribution in [0, 0.1) is 0 Å². The van der Waals surface area contributed by atoms with Gasteiger partial charge in [0.25, 0.3) is 0 Å². The number of nitrogen functional groups attached to an aromatic ring is 1. The lowest BCUT2D eigenvalue weighted by atomic mass is 9.70. The number of hydrogen-bond acceptors (Lipinski definition) is 2. The zero-order chi connectivity index (χ0) is 22.1. The average molecular weight is 417 g/mol. The van der Waals surface area contributed by atoms with E-state index in [2.05, 4.69) is 5.32 Å². The zero-order valence-corrected chi connectivity index (χ0v) is 17.7. The minimum atomic E-state index is -3.97. The molecule has 7 heteroatoms. The summed E-state index contributed by atoms with van der Waals surface area (Å²) in [5, 5.41) is 11.4. The highest BCUT2D eigenvalue weighted by Gasteiger charge is 2.67. The van der Waals surface area contributed by atoms with Gasteiger partial charge in [-0.2, -0.15) is 0 Å². The highest BCUT2D eigenvalue weighted by molar-refractivity contribution is 5.66.